The lowest BCUT2D eigenvalue weighted by atomic mass is 10.3. The summed E-state index contributed by atoms with van der Waals surface area (Å²) in [5, 5.41) is 3.19. The first kappa shape index (κ1) is 15.8. The van der Waals surface area contributed by atoms with Crippen molar-refractivity contribution in [3.05, 3.63) is 42.1 Å². The molecule has 0 aromatic carbocycles. The summed E-state index contributed by atoms with van der Waals surface area (Å²) < 4.78 is 33.2. The summed E-state index contributed by atoms with van der Waals surface area (Å²) in [6, 6.07) is 3.47. The molecule has 0 unspecified atom stereocenters. The molecule has 0 atom stereocenters. The van der Waals surface area contributed by atoms with E-state index >= 15 is 0 Å². The summed E-state index contributed by atoms with van der Waals surface area (Å²) in [5.74, 6) is 0. The van der Waals surface area contributed by atoms with Crippen molar-refractivity contribution in [2.24, 2.45) is 7.05 Å². The Hall–Kier alpha value is -1.57. The van der Waals surface area contributed by atoms with Crippen molar-refractivity contribution < 1.29 is 12.8 Å². The number of aryl methyl sites for hydroxylation is 1. The molecule has 0 saturated heterocycles. The fourth-order valence-corrected chi connectivity index (χ4v) is 3.31. The first-order valence-corrected chi connectivity index (χ1v) is 8.22. The molecule has 6 nitrogen and oxygen atoms in total. The van der Waals surface area contributed by atoms with E-state index in [2.05, 4.69) is 5.32 Å². The van der Waals surface area contributed by atoms with Crippen molar-refractivity contribution in [3.8, 4) is 0 Å². The van der Waals surface area contributed by atoms with Crippen molar-refractivity contribution in [2.45, 2.75) is 24.9 Å². The summed E-state index contributed by atoms with van der Waals surface area (Å²) in [5.41, 5.74) is 1.76. The zero-order valence-electron chi connectivity index (χ0n) is 12.5. The third-order valence-electron chi connectivity index (χ3n) is 3.33. The highest BCUT2D eigenvalue weighted by Gasteiger charge is 2.23. The number of aromatic nitrogens is 1. The fourth-order valence-electron chi connectivity index (χ4n) is 2.05. The van der Waals surface area contributed by atoms with Gasteiger partial charge >= 0.3 is 0 Å². The van der Waals surface area contributed by atoms with Gasteiger partial charge in [0.05, 0.1) is 12.5 Å². The Bertz CT molecular complexity index is 674. The average Bonchev–Trinajstić information content (AvgIpc) is 3.06. The minimum absolute atomic E-state index is 0.288. The molecule has 2 aromatic heterocycles. The SMILES string of the molecule is CCNCc1cc(S(=O)(=O)N(C)Cc2ccoc2)cn1C. The number of nitrogens with one attached hydrogen (secondary N) is 1. The van der Waals surface area contributed by atoms with Crippen molar-refractivity contribution >= 4 is 10.0 Å². The van der Waals surface area contributed by atoms with E-state index in [-0.39, 0.29) is 6.54 Å². The Morgan fingerprint density at radius 3 is 2.81 bits per heavy atom. The lowest BCUT2D eigenvalue weighted by Crippen LogP contribution is -2.26. The molecule has 21 heavy (non-hydrogen) atoms. The first-order chi connectivity index (χ1) is 9.95. The van der Waals surface area contributed by atoms with Gasteiger partial charge in [0.15, 0.2) is 0 Å². The predicted molar refractivity (Wildman–Crippen MR) is 80.2 cm³/mol. The zero-order valence-corrected chi connectivity index (χ0v) is 13.4. The van der Waals surface area contributed by atoms with E-state index < -0.39 is 10.0 Å². The highest BCUT2D eigenvalue weighted by molar-refractivity contribution is 7.89. The molecular formula is C14H21N3O3S. The van der Waals surface area contributed by atoms with E-state index in [0.717, 1.165) is 17.8 Å². The lowest BCUT2D eigenvalue weighted by Gasteiger charge is -2.15. The van der Waals surface area contributed by atoms with Crippen LogP contribution in [0.25, 0.3) is 0 Å². The Balaban J connectivity index is 2.18. The second-order valence-electron chi connectivity index (χ2n) is 4.95. The van der Waals surface area contributed by atoms with E-state index in [9.17, 15) is 8.42 Å². The van der Waals surface area contributed by atoms with Crippen LogP contribution in [0.3, 0.4) is 0 Å². The van der Waals surface area contributed by atoms with Gasteiger partial charge in [0.2, 0.25) is 10.0 Å². The van der Waals surface area contributed by atoms with E-state index in [4.69, 9.17) is 4.42 Å². The number of hydrogen-bond acceptors (Lipinski definition) is 4. The van der Waals surface area contributed by atoms with Gasteiger partial charge < -0.3 is 14.3 Å². The molecule has 0 aliphatic heterocycles. The molecule has 0 aliphatic rings. The van der Waals surface area contributed by atoms with Crippen LogP contribution >= 0.6 is 0 Å². The molecule has 0 spiro atoms. The van der Waals surface area contributed by atoms with Gasteiger partial charge in [0.25, 0.3) is 0 Å². The molecule has 0 amide bonds. The minimum Gasteiger partial charge on any atom is -0.472 e. The van der Waals surface area contributed by atoms with Gasteiger partial charge in [-0.15, -0.1) is 0 Å². The van der Waals surface area contributed by atoms with Crippen LogP contribution in [0.15, 0.2) is 40.2 Å². The lowest BCUT2D eigenvalue weighted by molar-refractivity contribution is 0.463. The normalized spacial score (nSPS) is 12.2. The molecule has 0 radical (unpaired) electrons. The third-order valence-corrected chi connectivity index (χ3v) is 5.10. The number of nitrogens with zero attached hydrogens (tertiary/aromatic N) is 2. The van der Waals surface area contributed by atoms with Gasteiger partial charge in [0.1, 0.15) is 4.90 Å². The number of sulfonamides is 1. The van der Waals surface area contributed by atoms with Gasteiger partial charge in [-0.3, -0.25) is 0 Å². The zero-order chi connectivity index (χ0) is 15.5. The molecule has 2 rings (SSSR count). The molecule has 2 aromatic rings. The van der Waals surface area contributed by atoms with Crippen LogP contribution in [0.4, 0.5) is 0 Å². The molecule has 0 fully saturated rings. The minimum atomic E-state index is -3.50. The molecule has 0 bridgehead atoms. The van der Waals surface area contributed by atoms with Crippen LogP contribution in [-0.4, -0.2) is 30.9 Å². The highest BCUT2D eigenvalue weighted by atomic mass is 32.2. The van der Waals surface area contributed by atoms with Crippen LogP contribution in [0, 0.1) is 0 Å². The van der Waals surface area contributed by atoms with Gasteiger partial charge in [-0.1, -0.05) is 6.92 Å². The molecule has 0 saturated carbocycles. The number of hydrogen-bond donors (Lipinski definition) is 1. The molecule has 0 aliphatic carbocycles. The second kappa shape index (κ2) is 6.46. The monoisotopic (exact) mass is 311 g/mol. The number of rotatable bonds is 7. The maximum Gasteiger partial charge on any atom is 0.244 e. The van der Waals surface area contributed by atoms with E-state index in [1.54, 1.807) is 31.6 Å². The van der Waals surface area contributed by atoms with E-state index in [1.807, 2.05) is 18.5 Å². The van der Waals surface area contributed by atoms with Crippen molar-refractivity contribution in [2.75, 3.05) is 13.6 Å². The fraction of sp³-hybridized carbons (Fsp3) is 0.429. The highest BCUT2D eigenvalue weighted by Crippen LogP contribution is 2.19. The maximum absolute atomic E-state index is 12.6. The second-order valence-corrected chi connectivity index (χ2v) is 7.00. The van der Waals surface area contributed by atoms with Crippen LogP contribution in [-0.2, 0) is 30.2 Å². The molecule has 2 heterocycles. The molecular weight excluding hydrogens is 290 g/mol. The largest absolute Gasteiger partial charge is 0.472 e. The Morgan fingerprint density at radius 2 is 2.19 bits per heavy atom. The maximum atomic E-state index is 12.6. The van der Waals surface area contributed by atoms with E-state index in [1.165, 1.54) is 10.6 Å². The number of furan rings is 1. The first-order valence-electron chi connectivity index (χ1n) is 6.78. The average molecular weight is 311 g/mol. The smallest absolute Gasteiger partial charge is 0.244 e. The molecule has 7 heteroatoms. The summed E-state index contributed by atoms with van der Waals surface area (Å²) in [6.45, 7) is 3.79. The van der Waals surface area contributed by atoms with E-state index in [0.29, 0.717) is 11.4 Å². The summed E-state index contributed by atoms with van der Waals surface area (Å²) >= 11 is 0. The van der Waals surface area contributed by atoms with Crippen LogP contribution in [0.2, 0.25) is 0 Å². The summed E-state index contributed by atoms with van der Waals surface area (Å²) in [4.78, 5) is 0.309. The van der Waals surface area contributed by atoms with Crippen LogP contribution in [0.1, 0.15) is 18.2 Å². The summed E-state index contributed by atoms with van der Waals surface area (Å²) in [6.07, 6.45) is 4.73. The van der Waals surface area contributed by atoms with Crippen molar-refractivity contribution in [3.63, 3.8) is 0 Å². The van der Waals surface area contributed by atoms with Crippen LogP contribution in [0.5, 0.6) is 0 Å². The van der Waals surface area contributed by atoms with Crippen molar-refractivity contribution in [1.82, 2.24) is 14.2 Å². The molecule has 1 N–H and O–H groups in total. The quantitative estimate of drug-likeness (QED) is 0.842. The van der Waals surface area contributed by atoms with Gasteiger partial charge in [-0.05, 0) is 18.7 Å². The Morgan fingerprint density at radius 1 is 1.43 bits per heavy atom. The van der Waals surface area contributed by atoms with Gasteiger partial charge in [-0.25, -0.2) is 8.42 Å². The van der Waals surface area contributed by atoms with Gasteiger partial charge in [-0.2, -0.15) is 4.31 Å². The predicted octanol–water partition coefficient (Wildman–Crippen LogP) is 1.55. The Labute approximate surface area is 125 Å². The molecule has 116 valence electrons. The third kappa shape index (κ3) is 3.55. The van der Waals surface area contributed by atoms with Crippen molar-refractivity contribution in [1.29, 1.82) is 0 Å². The standard InChI is InChI=1S/C14H21N3O3S/c1-4-15-8-13-7-14(10-16(13)2)21(18,19)17(3)9-12-5-6-20-11-12/h5-7,10-11,15H,4,8-9H2,1-3H3. The summed E-state index contributed by atoms with van der Waals surface area (Å²) in [7, 11) is -0.0810. The topological polar surface area (TPSA) is 67.5 Å². The Kier molecular flexibility index (Phi) is 4.87. The van der Waals surface area contributed by atoms with Gasteiger partial charge in [0, 0.05) is 44.6 Å². The van der Waals surface area contributed by atoms with Crippen LogP contribution < -0.4 is 5.32 Å².